The average Bonchev–Trinajstić information content (AvgIpc) is 2.35. The number of hydrogen-bond donors (Lipinski definition) is 1. The normalized spacial score (nSPS) is 12.7. The summed E-state index contributed by atoms with van der Waals surface area (Å²) in [7, 11) is 4.07. The van der Waals surface area contributed by atoms with E-state index in [-0.39, 0.29) is 10.7 Å². The Hall–Kier alpha value is -1.17. The standard InChI is InChI=1S/C13H20ClN3O2/c1-10(6-7-16(2)3)15-9-11-4-5-12(14)13(8-11)17(18)19/h4-5,8,10,15H,6-7,9H2,1-3H3. The number of benzene rings is 1. The van der Waals surface area contributed by atoms with Crippen molar-refractivity contribution < 1.29 is 4.92 Å². The highest BCUT2D eigenvalue weighted by atomic mass is 35.5. The van der Waals surface area contributed by atoms with Crippen molar-refractivity contribution in [1.29, 1.82) is 0 Å². The summed E-state index contributed by atoms with van der Waals surface area (Å²) in [5, 5.41) is 14.3. The average molecular weight is 286 g/mol. The van der Waals surface area contributed by atoms with E-state index in [9.17, 15) is 10.1 Å². The first-order valence-electron chi connectivity index (χ1n) is 6.21. The van der Waals surface area contributed by atoms with Gasteiger partial charge in [-0.3, -0.25) is 10.1 Å². The number of nitro benzene ring substituents is 1. The van der Waals surface area contributed by atoms with Gasteiger partial charge in [0.25, 0.3) is 5.69 Å². The first-order valence-corrected chi connectivity index (χ1v) is 6.59. The zero-order valence-corrected chi connectivity index (χ0v) is 12.3. The third-order valence-electron chi connectivity index (χ3n) is 2.87. The Bertz CT molecular complexity index is 438. The van der Waals surface area contributed by atoms with Crippen molar-refractivity contribution in [3.8, 4) is 0 Å². The summed E-state index contributed by atoms with van der Waals surface area (Å²) in [6.07, 6.45) is 1.03. The molecule has 0 radical (unpaired) electrons. The summed E-state index contributed by atoms with van der Waals surface area (Å²) in [6, 6.07) is 5.26. The van der Waals surface area contributed by atoms with Crippen LogP contribution < -0.4 is 5.32 Å². The van der Waals surface area contributed by atoms with E-state index < -0.39 is 4.92 Å². The molecule has 1 rings (SSSR count). The molecule has 0 aliphatic rings. The Morgan fingerprint density at radius 2 is 2.16 bits per heavy atom. The van der Waals surface area contributed by atoms with E-state index in [0.29, 0.717) is 12.6 Å². The van der Waals surface area contributed by atoms with Gasteiger partial charge >= 0.3 is 0 Å². The van der Waals surface area contributed by atoms with E-state index in [0.717, 1.165) is 18.5 Å². The van der Waals surface area contributed by atoms with Gasteiger partial charge in [-0.1, -0.05) is 17.7 Å². The maximum atomic E-state index is 10.8. The van der Waals surface area contributed by atoms with Gasteiger partial charge in [0.05, 0.1) is 4.92 Å². The van der Waals surface area contributed by atoms with Crippen molar-refractivity contribution in [2.24, 2.45) is 0 Å². The molecular formula is C13H20ClN3O2. The SMILES string of the molecule is CC(CCN(C)C)NCc1ccc(Cl)c([N+](=O)[O-])c1. The largest absolute Gasteiger partial charge is 0.310 e. The van der Waals surface area contributed by atoms with Gasteiger partial charge in [0.1, 0.15) is 5.02 Å². The van der Waals surface area contributed by atoms with Gasteiger partial charge in [-0.25, -0.2) is 0 Å². The lowest BCUT2D eigenvalue weighted by atomic mass is 10.1. The van der Waals surface area contributed by atoms with E-state index in [4.69, 9.17) is 11.6 Å². The number of nitrogens with zero attached hydrogens (tertiary/aromatic N) is 2. The van der Waals surface area contributed by atoms with Gasteiger partial charge in [0, 0.05) is 18.7 Å². The van der Waals surface area contributed by atoms with Crippen LogP contribution in [0.1, 0.15) is 18.9 Å². The number of halogens is 1. The number of nitrogens with one attached hydrogen (secondary N) is 1. The Morgan fingerprint density at radius 3 is 2.74 bits per heavy atom. The minimum absolute atomic E-state index is 0.0399. The van der Waals surface area contributed by atoms with Crippen LogP contribution in [0, 0.1) is 10.1 Å². The molecule has 1 atom stereocenters. The Morgan fingerprint density at radius 1 is 1.47 bits per heavy atom. The third-order valence-corrected chi connectivity index (χ3v) is 3.19. The maximum Gasteiger partial charge on any atom is 0.288 e. The highest BCUT2D eigenvalue weighted by Crippen LogP contribution is 2.24. The van der Waals surface area contributed by atoms with Gasteiger partial charge in [-0.15, -0.1) is 0 Å². The van der Waals surface area contributed by atoms with E-state index in [1.54, 1.807) is 12.1 Å². The molecule has 1 aromatic rings. The topological polar surface area (TPSA) is 58.4 Å². The molecule has 0 bridgehead atoms. The fourth-order valence-electron chi connectivity index (χ4n) is 1.65. The molecule has 106 valence electrons. The van der Waals surface area contributed by atoms with Gasteiger partial charge in [0.2, 0.25) is 0 Å². The molecule has 0 aromatic heterocycles. The van der Waals surface area contributed by atoms with Crippen molar-refractivity contribution in [2.75, 3.05) is 20.6 Å². The minimum atomic E-state index is -0.457. The summed E-state index contributed by atoms with van der Waals surface area (Å²) < 4.78 is 0. The summed E-state index contributed by atoms with van der Waals surface area (Å²) in [4.78, 5) is 12.5. The van der Waals surface area contributed by atoms with Crippen LogP contribution in [-0.4, -0.2) is 36.5 Å². The maximum absolute atomic E-state index is 10.8. The lowest BCUT2D eigenvalue weighted by molar-refractivity contribution is -0.384. The molecule has 0 saturated carbocycles. The van der Waals surface area contributed by atoms with Gasteiger partial charge in [-0.2, -0.15) is 0 Å². The number of hydrogen-bond acceptors (Lipinski definition) is 4. The highest BCUT2D eigenvalue weighted by molar-refractivity contribution is 6.32. The zero-order chi connectivity index (χ0) is 14.4. The van der Waals surface area contributed by atoms with Crippen LogP contribution in [0.15, 0.2) is 18.2 Å². The molecule has 0 fully saturated rings. The fraction of sp³-hybridized carbons (Fsp3) is 0.538. The van der Waals surface area contributed by atoms with Gasteiger partial charge < -0.3 is 10.2 Å². The van der Waals surface area contributed by atoms with E-state index >= 15 is 0 Å². The quantitative estimate of drug-likeness (QED) is 0.618. The molecule has 0 saturated heterocycles. The predicted octanol–water partition coefficient (Wildman–Crippen LogP) is 2.68. The third kappa shape index (κ3) is 5.55. The van der Waals surface area contributed by atoms with Crippen LogP contribution >= 0.6 is 11.6 Å². The molecule has 0 aliphatic carbocycles. The minimum Gasteiger partial charge on any atom is -0.310 e. The van der Waals surface area contributed by atoms with Crippen molar-refractivity contribution in [2.45, 2.75) is 25.9 Å². The van der Waals surface area contributed by atoms with E-state index in [1.165, 1.54) is 6.07 Å². The monoisotopic (exact) mass is 285 g/mol. The Labute approximate surface area is 118 Å². The highest BCUT2D eigenvalue weighted by Gasteiger charge is 2.12. The van der Waals surface area contributed by atoms with Crippen molar-refractivity contribution >= 4 is 17.3 Å². The van der Waals surface area contributed by atoms with Crippen LogP contribution in [0.25, 0.3) is 0 Å². The lowest BCUT2D eigenvalue weighted by Gasteiger charge is -2.16. The summed E-state index contributed by atoms with van der Waals surface area (Å²) in [6.45, 7) is 3.72. The van der Waals surface area contributed by atoms with Crippen molar-refractivity contribution in [1.82, 2.24) is 10.2 Å². The molecular weight excluding hydrogens is 266 g/mol. The molecule has 0 heterocycles. The van der Waals surface area contributed by atoms with Crippen molar-refractivity contribution in [3.05, 3.63) is 38.9 Å². The molecule has 19 heavy (non-hydrogen) atoms. The Kier molecular flexibility index (Phi) is 6.21. The summed E-state index contributed by atoms with van der Waals surface area (Å²) in [5.41, 5.74) is 0.828. The molecule has 6 heteroatoms. The fourth-order valence-corrected chi connectivity index (χ4v) is 1.84. The van der Waals surface area contributed by atoms with Gasteiger partial charge in [0.15, 0.2) is 0 Å². The summed E-state index contributed by atoms with van der Waals surface area (Å²) >= 11 is 5.77. The molecule has 1 unspecified atom stereocenters. The molecule has 0 amide bonds. The second-order valence-electron chi connectivity index (χ2n) is 4.92. The van der Waals surface area contributed by atoms with Crippen LogP contribution in [0.2, 0.25) is 5.02 Å². The molecule has 0 aliphatic heterocycles. The molecule has 5 nitrogen and oxygen atoms in total. The number of nitro groups is 1. The first-order chi connectivity index (χ1) is 8.90. The van der Waals surface area contributed by atoms with Crippen molar-refractivity contribution in [3.63, 3.8) is 0 Å². The second-order valence-corrected chi connectivity index (χ2v) is 5.32. The predicted molar refractivity (Wildman–Crippen MR) is 77.6 cm³/mol. The van der Waals surface area contributed by atoms with Crippen LogP contribution in [0.5, 0.6) is 0 Å². The first kappa shape index (κ1) is 15.9. The molecule has 1 aromatic carbocycles. The number of rotatable bonds is 7. The Balaban J connectivity index is 2.54. The summed E-state index contributed by atoms with van der Waals surface area (Å²) in [5.74, 6) is 0. The molecule has 0 spiro atoms. The molecule has 1 N–H and O–H groups in total. The van der Waals surface area contributed by atoms with E-state index in [1.807, 2.05) is 14.1 Å². The van der Waals surface area contributed by atoms with Gasteiger partial charge in [-0.05, 0) is 45.6 Å². The zero-order valence-electron chi connectivity index (χ0n) is 11.5. The lowest BCUT2D eigenvalue weighted by Crippen LogP contribution is -2.29. The second kappa shape index (κ2) is 7.43. The van der Waals surface area contributed by atoms with Crippen LogP contribution in [-0.2, 0) is 6.54 Å². The van der Waals surface area contributed by atoms with E-state index in [2.05, 4.69) is 17.1 Å². The smallest absolute Gasteiger partial charge is 0.288 e. The van der Waals surface area contributed by atoms with Crippen LogP contribution in [0.3, 0.4) is 0 Å². The van der Waals surface area contributed by atoms with Crippen LogP contribution in [0.4, 0.5) is 5.69 Å².